The summed E-state index contributed by atoms with van der Waals surface area (Å²) in [6, 6.07) is 19.7. The van der Waals surface area contributed by atoms with Crippen LogP contribution in [-0.2, 0) is 0 Å². The summed E-state index contributed by atoms with van der Waals surface area (Å²) in [4.78, 5) is 28.3. The van der Waals surface area contributed by atoms with Crippen LogP contribution in [0.5, 0.6) is 11.6 Å². The quantitative estimate of drug-likeness (QED) is 0.122. The monoisotopic (exact) mass is 532 g/mol. The first-order chi connectivity index (χ1) is 17.9. The number of nitro groups is 1. The minimum absolute atomic E-state index is 0.0186. The lowest BCUT2D eigenvalue weighted by Crippen LogP contribution is -2.23. The topological polar surface area (TPSA) is 137 Å². The summed E-state index contributed by atoms with van der Waals surface area (Å²) in [6.07, 6.45) is 0. The number of para-hydroxylation sites is 1. The van der Waals surface area contributed by atoms with Crippen LogP contribution in [0.25, 0.3) is 21.6 Å². The van der Waals surface area contributed by atoms with E-state index in [2.05, 4.69) is 15.2 Å². The Morgan fingerprint density at radius 3 is 2.41 bits per heavy atom. The predicted octanol–water partition coefficient (Wildman–Crippen LogP) is 6.01. The molecule has 0 radical (unpaired) electrons. The number of nitro benzene ring substituents is 1. The van der Waals surface area contributed by atoms with E-state index in [1.807, 2.05) is 0 Å². The van der Waals surface area contributed by atoms with E-state index in [1.165, 1.54) is 34.4 Å². The van der Waals surface area contributed by atoms with E-state index >= 15 is 0 Å². The first kappa shape index (κ1) is 24.0. The maximum absolute atomic E-state index is 13.5. The van der Waals surface area contributed by atoms with Crippen molar-refractivity contribution in [2.45, 2.75) is 0 Å². The number of hydrogen-bond acceptors (Lipinski definition) is 10. The van der Waals surface area contributed by atoms with Crippen molar-refractivity contribution in [1.82, 2.24) is 14.1 Å². The second-order valence-electron chi connectivity index (χ2n) is 7.57. The number of rotatable bonds is 6. The van der Waals surface area contributed by atoms with Crippen LogP contribution in [-0.4, -0.2) is 31.3 Å². The normalized spacial score (nSPS) is 11.3. The number of azo groups is 1. The molecule has 37 heavy (non-hydrogen) atoms. The van der Waals surface area contributed by atoms with Crippen LogP contribution in [0, 0.1) is 14.9 Å². The first-order valence-corrected chi connectivity index (χ1v) is 11.9. The van der Waals surface area contributed by atoms with E-state index in [0.717, 1.165) is 11.3 Å². The molecule has 2 heterocycles. The lowest BCUT2D eigenvalue weighted by Gasteiger charge is -2.16. The fourth-order valence-electron chi connectivity index (χ4n) is 3.59. The number of nitrogens with zero attached hydrogens (tertiary/aromatic N) is 6. The number of ether oxygens (including phenoxy) is 1. The van der Waals surface area contributed by atoms with Gasteiger partial charge >= 0.3 is 0 Å². The largest absolute Gasteiger partial charge is 0.497 e. The van der Waals surface area contributed by atoms with Gasteiger partial charge < -0.3 is 9.84 Å². The predicted molar refractivity (Wildman–Crippen MR) is 141 cm³/mol. The molecule has 5 rings (SSSR count). The average Bonchev–Trinajstić information content (AvgIpc) is 3.32. The van der Waals surface area contributed by atoms with Crippen LogP contribution < -0.4 is 10.3 Å². The SMILES string of the molecule is COc1ccc(-n2c(O)c(N=Nc3nc4ccc([N+](=O)[O-])cc4s3)c(=O)n(-c3ccccc3)c2=S)cc1. The van der Waals surface area contributed by atoms with Gasteiger partial charge in [-0.1, -0.05) is 29.5 Å². The number of fused-ring (bicyclic) bond motifs is 1. The van der Waals surface area contributed by atoms with Crippen LogP contribution in [0.3, 0.4) is 0 Å². The molecule has 0 saturated heterocycles. The molecular weight excluding hydrogens is 516 g/mol. The van der Waals surface area contributed by atoms with E-state index in [1.54, 1.807) is 54.6 Å². The highest BCUT2D eigenvalue weighted by atomic mass is 32.1. The van der Waals surface area contributed by atoms with Gasteiger partial charge in [-0.15, -0.1) is 10.2 Å². The number of thiazole rings is 1. The van der Waals surface area contributed by atoms with Gasteiger partial charge in [-0.05, 0) is 54.7 Å². The summed E-state index contributed by atoms with van der Waals surface area (Å²) >= 11 is 6.66. The summed E-state index contributed by atoms with van der Waals surface area (Å²) in [6.45, 7) is 0. The Morgan fingerprint density at radius 2 is 1.73 bits per heavy atom. The van der Waals surface area contributed by atoms with E-state index in [0.29, 0.717) is 27.3 Å². The Bertz CT molecular complexity index is 1790. The maximum Gasteiger partial charge on any atom is 0.290 e. The molecule has 2 aromatic heterocycles. The molecule has 13 heteroatoms. The van der Waals surface area contributed by atoms with Gasteiger partial charge in [0.25, 0.3) is 11.2 Å². The lowest BCUT2D eigenvalue weighted by molar-refractivity contribution is -0.384. The lowest BCUT2D eigenvalue weighted by atomic mass is 10.3. The molecule has 184 valence electrons. The summed E-state index contributed by atoms with van der Waals surface area (Å²) in [5.74, 6) is 0.0926. The van der Waals surface area contributed by atoms with Gasteiger partial charge in [0.1, 0.15) is 5.75 Å². The zero-order valence-corrected chi connectivity index (χ0v) is 20.6. The Hall–Kier alpha value is -4.75. The van der Waals surface area contributed by atoms with Crippen molar-refractivity contribution in [1.29, 1.82) is 0 Å². The highest BCUT2D eigenvalue weighted by Gasteiger charge is 2.20. The van der Waals surface area contributed by atoms with Crippen molar-refractivity contribution in [3.05, 3.63) is 98.0 Å². The van der Waals surface area contributed by atoms with Crippen LogP contribution in [0.15, 0.2) is 87.8 Å². The zero-order valence-electron chi connectivity index (χ0n) is 19.0. The molecule has 0 saturated carbocycles. The van der Waals surface area contributed by atoms with E-state index < -0.39 is 16.4 Å². The van der Waals surface area contributed by atoms with Crippen molar-refractivity contribution in [3.63, 3.8) is 0 Å². The molecular formula is C24H16N6O5S2. The third-order valence-electron chi connectivity index (χ3n) is 5.36. The van der Waals surface area contributed by atoms with Crippen LogP contribution >= 0.6 is 23.6 Å². The van der Waals surface area contributed by atoms with Gasteiger partial charge in [-0.3, -0.25) is 24.0 Å². The van der Waals surface area contributed by atoms with Crippen LogP contribution in [0.1, 0.15) is 0 Å². The fraction of sp³-hybridized carbons (Fsp3) is 0.0417. The fourth-order valence-corrected chi connectivity index (χ4v) is 4.79. The number of aromatic hydroxyl groups is 1. The molecule has 1 N–H and O–H groups in total. The molecule has 5 aromatic rings. The summed E-state index contributed by atoms with van der Waals surface area (Å²) in [5, 5.41) is 30.4. The smallest absolute Gasteiger partial charge is 0.290 e. The van der Waals surface area contributed by atoms with Gasteiger partial charge in [0.2, 0.25) is 16.7 Å². The van der Waals surface area contributed by atoms with Crippen molar-refractivity contribution in [2.24, 2.45) is 10.2 Å². The molecule has 0 aliphatic rings. The van der Waals surface area contributed by atoms with Gasteiger partial charge in [0.15, 0.2) is 4.77 Å². The van der Waals surface area contributed by atoms with Crippen LogP contribution in [0.4, 0.5) is 16.5 Å². The van der Waals surface area contributed by atoms with E-state index in [-0.39, 0.29) is 21.3 Å². The van der Waals surface area contributed by atoms with Crippen molar-refractivity contribution in [3.8, 4) is 23.0 Å². The number of aromatic nitrogens is 3. The van der Waals surface area contributed by atoms with Gasteiger partial charge in [-0.25, -0.2) is 4.98 Å². The number of non-ortho nitro benzene ring substituents is 1. The number of benzene rings is 3. The number of methoxy groups -OCH3 is 1. The van der Waals surface area contributed by atoms with Crippen molar-refractivity contribution < 1.29 is 14.8 Å². The molecule has 0 aliphatic carbocycles. The van der Waals surface area contributed by atoms with Gasteiger partial charge in [0, 0.05) is 12.1 Å². The highest BCUT2D eigenvalue weighted by molar-refractivity contribution is 7.71. The Labute approximate surface area is 217 Å². The second-order valence-corrected chi connectivity index (χ2v) is 8.94. The molecule has 0 bridgehead atoms. The summed E-state index contributed by atoms with van der Waals surface area (Å²) in [7, 11) is 1.53. The first-order valence-electron chi connectivity index (χ1n) is 10.6. The average molecular weight is 533 g/mol. The van der Waals surface area contributed by atoms with E-state index in [4.69, 9.17) is 17.0 Å². The minimum atomic E-state index is -0.682. The molecule has 0 aliphatic heterocycles. The van der Waals surface area contributed by atoms with Gasteiger partial charge in [0.05, 0.1) is 33.6 Å². The third kappa shape index (κ3) is 4.48. The summed E-state index contributed by atoms with van der Waals surface area (Å²) < 4.78 is 8.30. The highest BCUT2D eigenvalue weighted by Crippen LogP contribution is 2.33. The second kappa shape index (κ2) is 9.72. The van der Waals surface area contributed by atoms with Crippen molar-refractivity contribution >= 4 is 50.3 Å². The molecule has 0 fully saturated rings. The standard InChI is InChI=1S/C24H16N6O5S2/c1-35-17-10-7-15(8-11-17)29-22(32)20(21(31)28(24(29)36)14-5-3-2-4-6-14)26-27-23-25-18-12-9-16(30(33)34)13-19(18)37-23/h2-13,32H,1H3. The van der Waals surface area contributed by atoms with Gasteiger partial charge in [-0.2, -0.15) is 0 Å². The Balaban J connectivity index is 1.69. The molecule has 0 amide bonds. The molecule has 0 atom stereocenters. The van der Waals surface area contributed by atoms with Crippen molar-refractivity contribution in [2.75, 3.05) is 7.11 Å². The molecule has 3 aromatic carbocycles. The summed E-state index contributed by atoms with van der Waals surface area (Å²) in [5.41, 5.74) is 0.312. The minimum Gasteiger partial charge on any atom is -0.497 e. The Morgan fingerprint density at radius 1 is 1.03 bits per heavy atom. The van der Waals surface area contributed by atoms with E-state index in [9.17, 15) is 20.0 Å². The zero-order chi connectivity index (χ0) is 26.1. The van der Waals surface area contributed by atoms with Crippen LogP contribution in [0.2, 0.25) is 0 Å². The third-order valence-corrected chi connectivity index (χ3v) is 6.63. The maximum atomic E-state index is 13.5. The molecule has 11 nitrogen and oxygen atoms in total. The molecule has 0 spiro atoms. The number of hydrogen-bond donors (Lipinski definition) is 1. The Kier molecular flexibility index (Phi) is 6.29. The molecule has 0 unspecified atom stereocenters.